The summed E-state index contributed by atoms with van der Waals surface area (Å²) in [7, 11) is 1.58. The van der Waals surface area contributed by atoms with Crippen LogP contribution in [0.5, 0.6) is 5.75 Å². The lowest BCUT2D eigenvalue weighted by molar-refractivity contribution is -0.271. The molecule has 1 unspecified atom stereocenters. The van der Waals surface area contributed by atoms with Crippen molar-refractivity contribution < 1.29 is 19.3 Å². The third kappa shape index (κ3) is 6.06. The molecular weight excluding hydrogens is 256 g/mol. The van der Waals surface area contributed by atoms with E-state index >= 15 is 0 Å². The molecule has 0 aliphatic heterocycles. The Hall–Kier alpha value is -1.55. The van der Waals surface area contributed by atoms with Gasteiger partial charge in [0.25, 0.3) is 0 Å². The smallest absolute Gasteiger partial charge is 0.373 e. The van der Waals surface area contributed by atoms with Crippen LogP contribution < -0.4 is 4.74 Å². The second kappa shape index (κ2) is 9.37. The minimum absolute atomic E-state index is 0.0749. The average molecular weight is 280 g/mol. The third-order valence-electron chi connectivity index (χ3n) is 3.08. The van der Waals surface area contributed by atoms with Crippen LogP contribution in [0.4, 0.5) is 0 Å². The van der Waals surface area contributed by atoms with Crippen molar-refractivity contribution in [3.8, 4) is 5.75 Å². The van der Waals surface area contributed by atoms with Gasteiger partial charge in [-0.2, -0.15) is 4.89 Å². The lowest BCUT2D eigenvalue weighted by atomic mass is 10.1. The van der Waals surface area contributed by atoms with Crippen molar-refractivity contribution in [2.75, 3.05) is 7.11 Å². The first-order chi connectivity index (χ1) is 9.67. The van der Waals surface area contributed by atoms with Crippen LogP contribution in [0.1, 0.15) is 56.3 Å². The summed E-state index contributed by atoms with van der Waals surface area (Å²) >= 11 is 0. The summed E-state index contributed by atoms with van der Waals surface area (Å²) in [5, 5.41) is 0. The van der Waals surface area contributed by atoms with Gasteiger partial charge in [-0.3, -0.25) is 4.89 Å². The molecule has 0 aliphatic carbocycles. The highest BCUT2D eigenvalue weighted by Crippen LogP contribution is 2.13. The van der Waals surface area contributed by atoms with E-state index in [9.17, 15) is 4.79 Å². The second-order valence-corrected chi connectivity index (χ2v) is 4.86. The van der Waals surface area contributed by atoms with Crippen molar-refractivity contribution in [3.63, 3.8) is 0 Å². The predicted octanol–water partition coefficient (Wildman–Crippen LogP) is 4.14. The number of carbonyl (C=O) groups is 1. The highest BCUT2D eigenvalue weighted by Gasteiger charge is 2.11. The van der Waals surface area contributed by atoms with E-state index in [0.717, 1.165) is 12.8 Å². The fourth-order valence-corrected chi connectivity index (χ4v) is 1.81. The Bertz CT molecular complexity index is 386. The van der Waals surface area contributed by atoms with Crippen LogP contribution in [0.3, 0.4) is 0 Å². The summed E-state index contributed by atoms with van der Waals surface area (Å²) < 4.78 is 5.03. The Kier molecular flexibility index (Phi) is 7.73. The molecule has 0 aromatic heterocycles. The summed E-state index contributed by atoms with van der Waals surface area (Å²) in [4.78, 5) is 21.7. The van der Waals surface area contributed by atoms with Crippen molar-refractivity contribution >= 4 is 5.97 Å². The van der Waals surface area contributed by atoms with Gasteiger partial charge < -0.3 is 4.74 Å². The SMILES string of the molecule is CCCCCCC(C)OOC(=O)c1ccc(OC)cc1. The standard InChI is InChI=1S/C16H24O4/c1-4-5-6-7-8-13(2)19-20-16(17)14-9-11-15(18-3)12-10-14/h9-13H,4-8H2,1-3H3. The molecule has 0 N–H and O–H groups in total. The monoisotopic (exact) mass is 280 g/mol. The summed E-state index contributed by atoms with van der Waals surface area (Å²) in [5.41, 5.74) is 0.448. The number of methoxy groups -OCH3 is 1. The van der Waals surface area contributed by atoms with Gasteiger partial charge >= 0.3 is 5.97 Å². The molecule has 0 saturated carbocycles. The Morgan fingerprint density at radius 2 is 1.85 bits per heavy atom. The van der Waals surface area contributed by atoms with E-state index in [-0.39, 0.29) is 6.10 Å². The van der Waals surface area contributed by atoms with Crippen molar-refractivity contribution in [1.82, 2.24) is 0 Å². The molecule has 0 spiro atoms. The fourth-order valence-electron chi connectivity index (χ4n) is 1.81. The van der Waals surface area contributed by atoms with Gasteiger partial charge in [-0.05, 0) is 37.6 Å². The molecule has 1 aromatic rings. The number of hydrogen-bond donors (Lipinski definition) is 0. The molecular formula is C16H24O4. The molecule has 112 valence electrons. The molecule has 1 atom stereocenters. The molecule has 0 heterocycles. The molecule has 0 saturated heterocycles. The average Bonchev–Trinajstić information content (AvgIpc) is 2.49. The molecule has 0 bridgehead atoms. The maximum Gasteiger partial charge on any atom is 0.373 e. The third-order valence-corrected chi connectivity index (χ3v) is 3.08. The van der Waals surface area contributed by atoms with Gasteiger partial charge in [-0.25, -0.2) is 4.79 Å². The zero-order valence-electron chi connectivity index (χ0n) is 12.6. The normalized spacial score (nSPS) is 11.9. The lowest BCUT2D eigenvalue weighted by Gasteiger charge is -2.11. The number of hydrogen-bond acceptors (Lipinski definition) is 4. The Morgan fingerprint density at radius 1 is 1.15 bits per heavy atom. The summed E-state index contributed by atoms with van der Waals surface area (Å²) in [6.07, 6.45) is 5.55. The van der Waals surface area contributed by atoms with E-state index in [0.29, 0.717) is 11.3 Å². The maximum atomic E-state index is 11.7. The van der Waals surface area contributed by atoms with Gasteiger partial charge in [0, 0.05) is 0 Å². The van der Waals surface area contributed by atoms with Crippen molar-refractivity contribution in [1.29, 1.82) is 0 Å². The molecule has 1 aromatic carbocycles. The van der Waals surface area contributed by atoms with Crippen LogP contribution in [-0.4, -0.2) is 19.2 Å². The Balaban J connectivity index is 2.27. The quantitative estimate of drug-likeness (QED) is 0.387. The molecule has 4 nitrogen and oxygen atoms in total. The largest absolute Gasteiger partial charge is 0.497 e. The number of benzene rings is 1. The fraction of sp³-hybridized carbons (Fsp3) is 0.562. The van der Waals surface area contributed by atoms with Crippen LogP contribution in [0.25, 0.3) is 0 Å². The number of carbonyl (C=O) groups excluding carboxylic acids is 1. The van der Waals surface area contributed by atoms with E-state index in [4.69, 9.17) is 14.5 Å². The highest BCUT2D eigenvalue weighted by molar-refractivity contribution is 5.89. The minimum atomic E-state index is -0.479. The van der Waals surface area contributed by atoms with Crippen molar-refractivity contribution in [3.05, 3.63) is 29.8 Å². The van der Waals surface area contributed by atoms with Crippen LogP contribution in [0, 0.1) is 0 Å². The molecule has 0 radical (unpaired) electrons. The van der Waals surface area contributed by atoms with Crippen molar-refractivity contribution in [2.45, 2.75) is 52.1 Å². The topological polar surface area (TPSA) is 44.8 Å². The van der Waals surface area contributed by atoms with E-state index in [1.54, 1.807) is 31.4 Å². The van der Waals surface area contributed by atoms with Crippen molar-refractivity contribution in [2.24, 2.45) is 0 Å². The molecule has 0 amide bonds. The first kappa shape index (κ1) is 16.5. The predicted molar refractivity (Wildman–Crippen MR) is 77.7 cm³/mol. The first-order valence-corrected chi connectivity index (χ1v) is 7.19. The molecule has 0 fully saturated rings. The Labute approximate surface area is 121 Å². The van der Waals surface area contributed by atoms with Gasteiger partial charge in [0.15, 0.2) is 0 Å². The van der Waals surface area contributed by atoms with Gasteiger partial charge in [0.05, 0.1) is 12.7 Å². The first-order valence-electron chi connectivity index (χ1n) is 7.19. The van der Waals surface area contributed by atoms with Crippen LogP contribution in [0.15, 0.2) is 24.3 Å². The molecule has 0 aliphatic rings. The van der Waals surface area contributed by atoms with Gasteiger partial charge in [-0.1, -0.05) is 32.6 Å². The van der Waals surface area contributed by atoms with Gasteiger partial charge in [-0.15, -0.1) is 0 Å². The number of unbranched alkanes of at least 4 members (excludes halogenated alkanes) is 3. The zero-order chi connectivity index (χ0) is 14.8. The van der Waals surface area contributed by atoms with E-state index in [2.05, 4.69) is 6.92 Å². The van der Waals surface area contributed by atoms with Gasteiger partial charge in [0.1, 0.15) is 11.9 Å². The lowest BCUT2D eigenvalue weighted by Crippen LogP contribution is -2.13. The van der Waals surface area contributed by atoms with Crippen LogP contribution >= 0.6 is 0 Å². The Morgan fingerprint density at radius 3 is 2.45 bits per heavy atom. The molecule has 1 rings (SSSR count). The highest BCUT2D eigenvalue weighted by atomic mass is 17.2. The van der Waals surface area contributed by atoms with Crippen LogP contribution in [-0.2, 0) is 9.78 Å². The summed E-state index contributed by atoms with van der Waals surface area (Å²) in [5.74, 6) is 0.222. The van der Waals surface area contributed by atoms with E-state index < -0.39 is 5.97 Å². The van der Waals surface area contributed by atoms with Crippen LogP contribution in [0.2, 0.25) is 0 Å². The van der Waals surface area contributed by atoms with E-state index in [1.165, 1.54) is 19.3 Å². The second-order valence-electron chi connectivity index (χ2n) is 4.86. The molecule has 4 heteroatoms. The summed E-state index contributed by atoms with van der Waals surface area (Å²) in [6, 6.07) is 6.72. The number of rotatable bonds is 9. The van der Waals surface area contributed by atoms with Gasteiger partial charge in [0.2, 0.25) is 0 Å². The summed E-state index contributed by atoms with van der Waals surface area (Å²) in [6.45, 7) is 4.09. The van der Waals surface area contributed by atoms with E-state index in [1.807, 2.05) is 6.92 Å². The zero-order valence-corrected chi connectivity index (χ0v) is 12.6. The molecule has 20 heavy (non-hydrogen) atoms. The maximum absolute atomic E-state index is 11.7. The minimum Gasteiger partial charge on any atom is -0.497 e. The number of ether oxygens (including phenoxy) is 1.